The second kappa shape index (κ2) is 10.2. The lowest BCUT2D eigenvalue weighted by atomic mass is 9.44. The molecule has 0 aromatic heterocycles. The summed E-state index contributed by atoms with van der Waals surface area (Å²) < 4.78 is 0. The van der Waals surface area contributed by atoms with E-state index in [2.05, 4.69) is 52.4 Å². The molecule has 3 heteroatoms. The quantitative estimate of drug-likeness (QED) is 0.231. The van der Waals surface area contributed by atoms with Crippen molar-refractivity contribution in [3.05, 3.63) is 0 Å². The van der Waals surface area contributed by atoms with Gasteiger partial charge in [-0.3, -0.25) is 10.2 Å². The average molecular weight is 461 g/mol. The SMILES string of the molecule is CC.CC12CCCCC1CCC1C2CCC2(C)C(CC(C)(C)C(C)(C)CNNC=O)CCC12. The van der Waals surface area contributed by atoms with E-state index < -0.39 is 0 Å². The highest BCUT2D eigenvalue weighted by molar-refractivity contribution is 5.44. The Morgan fingerprint density at radius 1 is 0.818 bits per heavy atom. The van der Waals surface area contributed by atoms with E-state index in [1.165, 1.54) is 70.6 Å². The van der Waals surface area contributed by atoms with E-state index in [9.17, 15) is 4.79 Å². The molecule has 7 atom stereocenters. The molecule has 0 aromatic carbocycles. The molecule has 192 valence electrons. The third kappa shape index (κ3) is 4.78. The zero-order valence-corrected chi connectivity index (χ0v) is 23.4. The van der Waals surface area contributed by atoms with Crippen molar-refractivity contribution < 1.29 is 4.79 Å². The summed E-state index contributed by atoms with van der Waals surface area (Å²) in [6, 6.07) is 0. The summed E-state index contributed by atoms with van der Waals surface area (Å²) in [7, 11) is 0. The van der Waals surface area contributed by atoms with Gasteiger partial charge in [-0.2, -0.15) is 0 Å². The maximum Gasteiger partial charge on any atom is 0.221 e. The van der Waals surface area contributed by atoms with Gasteiger partial charge < -0.3 is 0 Å². The maximum absolute atomic E-state index is 10.7. The van der Waals surface area contributed by atoms with Crippen molar-refractivity contribution in [3.63, 3.8) is 0 Å². The summed E-state index contributed by atoms with van der Waals surface area (Å²) in [5, 5.41) is 0. The molecule has 0 saturated heterocycles. The molecule has 0 aliphatic heterocycles. The van der Waals surface area contributed by atoms with Gasteiger partial charge in [0.15, 0.2) is 0 Å². The fourth-order valence-electron chi connectivity index (χ4n) is 9.18. The molecule has 3 nitrogen and oxygen atoms in total. The molecule has 0 heterocycles. The molecule has 0 aromatic rings. The Hall–Kier alpha value is -0.570. The van der Waals surface area contributed by atoms with Crippen molar-refractivity contribution in [2.24, 2.45) is 51.2 Å². The van der Waals surface area contributed by atoms with E-state index >= 15 is 0 Å². The lowest BCUT2D eigenvalue weighted by Gasteiger charge is -2.61. The molecule has 0 bridgehead atoms. The number of fused-ring (bicyclic) bond motifs is 5. The molecular formula is C30H56N2O. The minimum absolute atomic E-state index is 0.127. The summed E-state index contributed by atoms with van der Waals surface area (Å²) in [6.07, 6.45) is 17.0. The number of hydrogen-bond acceptors (Lipinski definition) is 2. The first-order valence-corrected chi connectivity index (χ1v) is 14.5. The van der Waals surface area contributed by atoms with Gasteiger partial charge in [-0.25, -0.2) is 5.43 Å². The van der Waals surface area contributed by atoms with Gasteiger partial charge in [0, 0.05) is 6.54 Å². The molecule has 2 N–H and O–H groups in total. The van der Waals surface area contributed by atoms with Crippen LogP contribution in [0.2, 0.25) is 0 Å². The van der Waals surface area contributed by atoms with Crippen LogP contribution in [0.1, 0.15) is 126 Å². The number of amides is 1. The Labute approximate surface area is 206 Å². The van der Waals surface area contributed by atoms with Gasteiger partial charge in [-0.1, -0.05) is 68.2 Å². The van der Waals surface area contributed by atoms with Gasteiger partial charge >= 0.3 is 0 Å². The molecule has 4 aliphatic rings. The van der Waals surface area contributed by atoms with Crippen LogP contribution in [-0.2, 0) is 4.79 Å². The fourth-order valence-corrected chi connectivity index (χ4v) is 9.18. The minimum Gasteiger partial charge on any atom is -0.294 e. The second-order valence-electron chi connectivity index (χ2n) is 13.8. The number of rotatable bonds is 7. The second-order valence-corrected chi connectivity index (χ2v) is 13.8. The van der Waals surface area contributed by atoms with E-state index in [4.69, 9.17) is 0 Å². The van der Waals surface area contributed by atoms with Crippen molar-refractivity contribution in [2.75, 3.05) is 6.54 Å². The lowest BCUT2D eigenvalue weighted by Crippen LogP contribution is -2.53. The van der Waals surface area contributed by atoms with Gasteiger partial charge in [0.05, 0.1) is 0 Å². The van der Waals surface area contributed by atoms with Crippen molar-refractivity contribution >= 4 is 6.41 Å². The molecule has 4 fully saturated rings. The predicted octanol–water partition coefficient (Wildman–Crippen LogP) is 7.75. The summed E-state index contributed by atoms with van der Waals surface area (Å²) >= 11 is 0. The zero-order chi connectivity index (χ0) is 24.5. The van der Waals surface area contributed by atoms with Gasteiger partial charge in [0.2, 0.25) is 6.41 Å². The van der Waals surface area contributed by atoms with Crippen LogP contribution < -0.4 is 10.9 Å². The van der Waals surface area contributed by atoms with Crippen LogP contribution in [0.25, 0.3) is 0 Å². The Morgan fingerprint density at radius 3 is 2.21 bits per heavy atom. The van der Waals surface area contributed by atoms with Gasteiger partial charge in [-0.15, -0.1) is 0 Å². The third-order valence-electron chi connectivity index (χ3n) is 12.1. The van der Waals surface area contributed by atoms with E-state index in [-0.39, 0.29) is 10.8 Å². The molecule has 4 rings (SSSR count). The Kier molecular flexibility index (Phi) is 8.35. The molecule has 33 heavy (non-hydrogen) atoms. The van der Waals surface area contributed by atoms with E-state index in [1.807, 2.05) is 13.8 Å². The Balaban J connectivity index is 0.00000149. The van der Waals surface area contributed by atoms with Crippen molar-refractivity contribution in [1.29, 1.82) is 0 Å². The molecule has 4 aliphatic carbocycles. The first-order valence-electron chi connectivity index (χ1n) is 14.5. The fraction of sp³-hybridized carbons (Fsp3) is 0.967. The number of hydrazine groups is 1. The highest BCUT2D eigenvalue weighted by Crippen LogP contribution is 2.68. The lowest BCUT2D eigenvalue weighted by molar-refractivity contribution is -0.115. The van der Waals surface area contributed by atoms with Crippen LogP contribution in [-0.4, -0.2) is 13.0 Å². The molecule has 0 radical (unpaired) electrons. The van der Waals surface area contributed by atoms with Crippen LogP contribution in [0.15, 0.2) is 0 Å². The summed E-state index contributed by atoms with van der Waals surface area (Å²) in [5.41, 5.74) is 7.33. The van der Waals surface area contributed by atoms with Crippen molar-refractivity contribution in [1.82, 2.24) is 10.9 Å². The molecule has 1 amide bonds. The third-order valence-corrected chi connectivity index (χ3v) is 12.1. The van der Waals surface area contributed by atoms with Crippen LogP contribution in [0.5, 0.6) is 0 Å². The highest BCUT2D eigenvalue weighted by Gasteiger charge is 2.60. The standard InChI is InChI=1S/C28H50N2O.C2H6/c1-25(2,26(3,4)18-29-30-19-31)17-21-11-13-23-22-12-10-20-9-7-8-15-27(20,5)24(22)14-16-28(21,23)6;1-2/h19-24,29H,7-18H2,1-6H3,(H,30,31);1-2H3. The average Bonchev–Trinajstić information content (AvgIpc) is 3.10. The normalized spacial score (nSPS) is 40.5. The van der Waals surface area contributed by atoms with E-state index in [0.717, 1.165) is 42.5 Å². The molecule has 4 saturated carbocycles. The summed E-state index contributed by atoms with van der Waals surface area (Å²) in [6.45, 7) is 19.9. The van der Waals surface area contributed by atoms with E-state index in [0.29, 0.717) is 10.8 Å². The van der Waals surface area contributed by atoms with Crippen LogP contribution in [0.4, 0.5) is 0 Å². The molecular weight excluding hydrogens is 404 g/mol. The smallest absolute Gasteiger partial charge is 0.221 e. The highest BCUT2D eigenvalue weighted by atomic mass is 16.1. The van der Waals surface area contributed by atoms with Gasteiger partial charge in [-0.05, 0) is 109 Å². The minimum atomic E-state index is 0.127. The maximum atomic E-state index is 10.7. The van der Waals surface area contributed by atoms with Crippen molar-refractivity contribution in [2.45, 2.75) is 126 Å². The summed E-state index contributed by atoms with van der Waals surface area (Å²) in [4.78, 5) is 10.7. The largest absolute Gasteiger partial charge is 0.294 e. The number of hydrogen-bond donors (Lipinski definition) is 2. The van der Waals surface area contributed by atoms with Crippen LogP contribution in [0.3, 0.4) is 0 Å². The topological polar surface area (TPSA) is 41.1 Å². The van der Waals surface area contributed by atoms with Gasteiger partial charge in [0.1, 0.15) is 0 Å². The number of carbonyl (C=O) groups excluding carboxylic acids is 1. The van der Waals surface area contributed by atoms with Crippen LogP contribution in [0, 0.1) is 51.2 Å². The zero-order valence-electron chi connectivity index (χ0n) is 23.4. The molecule has 7 unspecified atom stereocenters. The summed E-state index contributed by atoms with van der Waals surface area (Å²) in [5.74, 6) is 4.84. The van der Waals surface area contributed by atoms with Crippen LogP contribution >= 0.6 is 0 Å². The number of nitrogens with one attached hydrogen (secondary N) is 2. The first kappa shape index (κ1) is 27.0. The van der Waals surface area contributed by atoms with E-state index in [1.54, 1.807) is 0 Å². The Morgan fingerprint density at radius 2 is 1.52 bits per heavy atom. The Bertz CT molecular complexity index is 658. The monoisotopic (exact) mass is 460 g/mol. The van der Waals surface area contributed by atoms with Gasteiger partial charge in [0.25, 0.3) is 0 Å². The predicted molar refractivity (Wildman–Crippen MR) is 141 cm³/mol. The first-order chi connectivity index (χ1) is 15.6. The van der Waals surface area contributed by atoms with Crippen molar-refractivity contribution in [3.8, 4) is 0 Å². The number of carbonyl (C=O) groups is 1. The molecule has 0 spiro atoms.